The number of H-pyrrole nitrogens is 2. The Morgan fingerprint density at radius 1 is 0.919 bits per heavy atom. The van der Waals surface area contributed by atoms with Crippen LogP contribution in [0.5, 0.6) is 0 Å². The second-order valence-electron chi connectivity index (χ2n) is 9.81. The molecule has 7 heterocycles. The quantitative estimate of drug-likeness (QED) is 0.351. The van der Waals surface area contributed by atoms with Crippen LogP contribution in [0.4, 0.5) is 0 Å². The van der Waals surface area contributed by atoms with Crippen molar-refractivity contribution in [3.05, 3.63) is 72.8 Å². The second-order valence-corrected chi connectivity index (χ2v) is 9.81. The van der Waals surface area contributed by atoms with Gasteiger partial charge in [-0.25, -0.2) is 15.0 Å². The summed E-state index contributed by atoms with van der Waals surface area (Å²) >= 11 is 0. The molecule has 0 amide bonds. The number of nitrogens with zero attached hydrogens (tertiary/aromatic N) is 7. The lowest BCUT2D eigenvalue weighted by atomic mass is 10.0. The highest BCUT2D eigenvalue weighted by molar-refractivity contribution is 5.97. The van der Waals surface area contributed by atoms with E-state index in [1.807, 2.05) is 48.5 Å². The molecule has 0 unspecified atom stereocenters. The SMILES string of the molecule is Cc1cn(-c2nccc3[nH]c(-c4[nH]nc5ncc(-c6cncc(CN7CCCCC7)c6)cc45)cc23)cn1. The number of aryl methyl sites for hydroxylation is 1. The maximum absolute atomic E-state index is 4.65. The molecule has 37 heavy (non-hydrogen) atoms. The number of likely N-dealkylation sites (tertiary alicyclic amines) is 1. The summed E-state index contributed by atoms with van der Waals surface area (Å²) < 4.78 is 1.95. The van der Waals surface area contributed by atoms with Crippen molar-refractivity contribution >= 4 is 21.9 Å². The minimum Gasteiger partial charge on any atom is -0.353 e. The third-order valence-electron chi connectivity index (χ3n) is 7.15. The highest BCUT2D eigenvalue weighted by atomic mass is 15.2. The fourth-order valence-electron chi connectivity index (χ4n) is 5.29. The van der Waals surface area contributed by atoms with E-state index in [-0.39, 0.29) is 0 Å². The van der Waals surface area contributed by atoms with Crippen molar-refractivity contribution in [1.82, 2.24) is 44.6 Å². The molecule has 0 aliphatic carbocycles. The number of fused-ring (bicyclic) bond motifs is 2. The zero-order valence-electron chi connectivity index (χ0n) is 20.6. The Hall–Kier alpha value is -4.37. The molecule has 0 radical (unpaired) electrons. The molecule has 6 aromatic rings. The number of imidazole rings is 1. The van der Waals surface area contributed by atoms with E-state index in [2.05, 4.69) is 58.2 Å². The van der Waals surface area contributed by atoms with E-state index in [4.69, 9.17) is 0 Å². The van der Waals surface area contributed by atoms with Gasteiger partial charge in [-0.1, -0.05) is 6.42 Å². The second kappa shape index (κ2) is 8.94. The van der Waals surface area contributed by atoms with Crippen LogP contribution in [0.3, 0.4) is 0 Å². The van der Waals surface area contributed by atoms with Gasteiger partial charge in [-0.15, -0.1) is 0 Å². The standard InChI is InChI=1S/C28H27N9/c1-18-15-37(17-32-18)28-22-11-25(33-24(22)5-6-30-28)26-23-10-21(14-31-27(23)35-34-26)20-9-19(12-29-13-20)16-36-7-3-2-4-8-36/h5-6,9-15,17,33H,2-4,7-8,16H2,1H3,(H,31,34,35). The van der Waals surface area contributed by atoms with Gasteiger partial charge >= 0.3 is 0 Å². The molecule has 0 atom stereocenters. The van der Waals surface area contributed by atoms with Gasteiger partial charge in [0.05, 0.1) is 22.6 Å². The molecule has 0 bridgehead atoms. The van der Waals surface area contributed by atoms with E-state index >= 15 is 0 Å². The van der Waals surface area contributed by atoms with E-state index in [1.54, 1.807) is 6.33 Å². The molecule has 1 aliphatic heterocycles. The first-order valence-corrected chi connectivity index (χ1v) is 12.7. The van der Waals surface area contributed by atoms with Gasteiger partial charge in [-0.3, -0.25) is 19.5 Å². The molecule has 0 aromatic carbocycles. The molecular weight excluding hydrogens is 462 g/mol. The van der Waals surface area contributed by atoms with E-state index in [0.717, 1.165) is 69.9 Å². The first kappa shape index (κ1) is 21.9. The summed E-state index contributed by atoms with van der Waals surface area (Å²) in [5.74, 6) is 0.833. The average molecular weight is 490 g/mol. The lowest BCUT2D eigenvalue weighted by Gasteiger charge is -2.26. The van der Waals surface area contributed by atoms with E-state index in [1.165, 1.54) is 24.8 Å². The van der Waals surface area contributed by atoms with Crippen molar-refractivity contribution in [2.75, 3.05) is 13.1 Å². The Balaban J connectivity index is 1.26. The third-order valence-corrected chi connectivity index (χ3v) is 7.15. The topological polar surface area (TPSA) is 104 Å². The molecule has 7 rings (SSSR count). The third kappa shape index (κ3) is 4.07. The van der Waals surface area contributed by atoms with Crippen LogP contribution in [0, 0.1) is 6.92 Å². The van der Waals surface area contributed by atoms with Gasteiger partial charge in [0, 0.05) is 59.4 Å². The molecule has 0 spiro atoms. The molecule has 2 N–H and O–H groups in total. The Labute approximate surface area is 213 Å². The zero-order chi connectivity index (χ0) is 24.8. The molecule has 1 aliphatic rings. The Morgan fingerprint density at radius 2 is 1.81 bits per heavy atom. The highest BCUT2D eigenvalue weighted by Crippen LogP contribution is 2.32. The number of hydrogen-bond acceptors (Lipinski definition) is 6. The number of nitrogens with one attached hydrogen (secondary N) is 2. The number of aromatic amines is 2. The first-order valence-electron chi connectivity index (χ1n) is 12.7. The molecule has 0 saturated carbocycles. The molecular formula is C28H27N9. The molecule has 1 fully saturated rings. The van der Waals surface area contributed by atoms with Crippen molar-refractivity contribution in [3.8, 4) is 28.3 Å². The summed E-state index contributed by atoms with van der Waals surface area (Å²) in [6.07, 6.45) is 15.2. The van der Waals surface area contributed by atoms with E-state index in [9.17, 15) is 0 Å². The van der Waals surface area contributed by atoms with Gasteiger partial charge in [-0.05, 0) is 62.7 Å². The van der Waals surface area contributed by atoms with E-state index in [0.29, 0.717) is 5.65 Å². The number of piperidine rings is 1. The van der Waals surface area contributed by atoms with Crippen molar-refractivity contribution in [3.63, 3.8) is 0 Å². The Bertz CT molecular complexity index is 1720. The van der Waals surface area contributed by atoms with Crippen LogP contribution in [-0.4, -0.2) is 57.7 Å². The van der Waals surface area contributed by atoms with Crippen LogP contribution >= 0.6 is 0 Å². The van der Waals surface area contributed by atoms with Gasteiger partial charge in [0.1, 0.15) is 12.1 Å². The number of rotatable bonds is 5. The van der Waals surface area contributed by atoms with Crippen LogP contribution < -0.4 is 0 Å². The van der Waals surface area contributed by atoms with Crippen molar-refractivity contribution in [1.29, 1.82) is 0 Å². The molecule has 9 nitrogen and oxygen atoms in total. The summed E-state index contributed by atoms with van der Waals surface area (Å²) in [6.45, 7) is 5.24. The summed E-state index contributed by atoms with van der Waals surface area (Å²) in [7, 11) is 0. The van der Waals surface area contributed by atoms with Gasteiger partial charge in [0.25, 0.3) is 0 Å². The van der Waals surface area contributed by atoms with E-state index < -0.39 is 0 Å². The minimum atomic E-state index is 0.679. The van der Waals surface area contributed by atoms with Crippen molar-refractivity contribution in [2.24, 2.45) is 0 Å². The van der Waals surface area contributed by atoms with Crippen LogP contribution in [0.2, 0.25) is 0 Å². The summed E-state index contributed by atoms with van der Waals surface area (Å²) in [5, 5.41) is 9.63. The summed E-state index contributed by atoms with van der Waals surface area (Å²) in [6, 6.07) is 8.46. The predicted molar refractivity (Wildman–Crippen MR) is 143 cm³/mol. The van der Waals surface area contributed by atoms with Crippen LogP contribution in [0.1, 0.15) is 30.5 Å². The number of hydrogen-bond donors (Lipinski definition) is 2. The number of aromatic nitrogens is 8. The lowest BCUT2D eigenvalue weighted by molar-refractivity contribution is 0.220. The van der Waals surface area contributed by atoms with Gasteiger partial charge < -0.3 is 4.98 Å². The van der Waals surface area contributed by atoms with Crippen LogP contribution in [0.15, 0.2) is 61.6 Å². The Kier molecular flexibility index (Phi) is 5.28. The zero-order valence-corrected chi connectivity index (χ0v) is 20.6. The maximum atomic E-state index is 4.65. The molecule has 9 heteroatoms. The van der Waals surface area contributed by atoms with Crippen LogP contribution in [-0.2, 0) is 6.54 Å². The van der Waals surface area contributed by atoms with Gasteiger partial charge in [0.2, 0.25) is 0 Å². The summed E-state index contributed by atoms with van der Waals surface area (Å²) in [4.78, 5) is 24.2. The molecule has 184 valence electrons. The minimum absolute atomic E-state index is 0.679. The fraction of sp³-hybridized carbons (Fsp3) is 0.250. The lowest BCUT2D eigenvalue weighted by Crippen LogP contribution is -2.29. The largest absolute Gasteiger partial charge is 0.353 e. The van der Waals surface area contributed by atoms with Crippen molar-refractivity contribution in [2.45, 2.75) is 32.7 Å². The molecule has 1 saturated heterocycles. The Morgan fingerprint density at radius 3 is 2.68 bits per heavy atom. The van der Waals surface area contributed by atoms with Crippen molar-refractivity contribution < 1.29 is 0 Å². The fourth-order valence-corrected chi connectivity index (χ4v) is 5.29. The van der Waals surface area contributed by atoms with Crippen LogP contribution in [0.25, 0.3) is 50.3 Å². The molecule has 6 aromatic heterocycles. The normalized spacial score (nSPS) is 14.6. The average Bonchev–Trinajstić information content (AvgIpc) is 3.66. The summed E-state index contributed by atoms with van der Waals surface area (Å²) in [5.41, 5.74) is 7.76. The maximum Gasteiger partial charge on any atom is 0.181 e. The smallest absolute Gasteiger partial charge is 0.181 e. The predicted octanol–water partition coefficient (Wildman–Crippen LogP) is 5.04. The number of pyridine rings is 3. The van der Waals surface area contributed by atoms with Gasteiger partial charge in [0.15, 0.2) is 5.65 Å². The highest BCUT2D eigenvalue weighted by Gasteiger charge is 2.16. The first-order chi connectivity index (χ1) is 18.2. The monoisotopic (exact) mass is 489 g/mol. The van der Waals surface area contributed by atoms with Gasteiger partial charge in [-0.2, -0.15) is 5.10 Å².